The molecule has 7 nitrogen and oxygen atoms in total. The van der Waals surface area contributed by atoms with E-state index in [1.165, 1.54) is 24.6 Å². The molecule has 2 N–H and O–H groups in total. The number of nitrogens with one attached hydrogen (secondary N) is 1. The number of likely N-dealkylation sites (tertiary alicyclic amines) is 1. The molecule has 150 valence electrons. The van der Waals surface area contributed by atoms with Crippen LogP contribution in [-0.4, -0.2) is 63.7 Å². The molecule has 1 rings (SSSR count). The summed E-state index contributed by atoms with van der Waals surface area (Å²) in [4.78, 5) is 37.5. The van der Waals surface area contributed by atoms with Crippen molar-refractivity contribution < 1.29 is 24.2 Å². The van der Waals surface area contributed by atoms with E-state index in [0.29, 0.717) is 5.75 Å². The van der Waals surface area contributed by atoms with E-state index in [0.717, 1.165) is 25.9 Å². The van der Waals surface area contributed by atoms with Crippen molar-refractivity contribution in [1.82, 2.24) is 10.2 Å². The highest BCUT2D eigenvalue weighted by molar-refractivity contribution is 8.00. The Balaban J connectivity index is 2.42. The largest absolute Gasteiger partial charge is 0.480 e. The van der Waals surface area contributed by atoms with Gasteiger partial charge in [0.1, 0.15) is 11.6 Å². The summed E-state index contributed by atoms with van der Waals surface area (Å²) in [6.07, 6.45) is 3.91. The SMILES string of the molecule is CC(SCCC(NC(=O)OC(C)(C)C)C(=O)O)C(=O)N1CCCCCC1. The maximum atomic E-state index is 12.5. The summed E-state index contributed by atoms with van der Waals surface area (Å²) in [5, 5.41) is 11.4. The minimum Gasteiger partial charge on any atom is -0.480 e. The molecule has 1 fully saturated rings. The molecule has 0 spiro atoms. The number of aliphatic carboxylic acids is 1. The molecular weight excluding hydrogens is 356 g/mol. The summed E-state index contributed by atoms with van der Waals surface area (Å²) in [5.41, 5.74) is -0.685. The van der Waals surface area contributed by atoms with E-state index in [1.54, 1.807) is 20.8 Å². The van der Waals surface area contributed by atoms with Crippen molar-refractivity contribution in [3.63, 3.8) is 0 Å². The molecule has 1 heterocycles. The van der Waals surface area contributed by atoms with E-state index in [-0.39, 0.29) is 17.6 Å². The molecular formula is C18H32N2O5S. The van der Waals surface area contributed by atoms with Gasteiger partial charge < -0.3 is 20.1 Å². The van der Waals surface area contributed by atoms with Gasteiger partial charge in [-0.15, -0.1) is 11.8 Å². The van der Waals surface area contributed by atoms with Gasteiger partial charge in [0.2, 0.25) is 5.91 Å². The van der Waals surface area contributed by atoms with Gasteiger partial charge in [0, 0.05) is 13.1 Å². The van der Waals surface area contributed by atoms with E-state index in [1.807, 2.05) is 11.8 Å². The average molecular weight is 389 g/mol. The summed E-state index contributed by atoms with van der Waals surface area (Å²) in [5.74, 6) is -0.528. The first-order chi connectivity index (χ1) is 12.1. The Morgan fingerprint density at radius 2 is 1.73 bits per heavy atom. The topological polar surface area (TPSA) is 95.9 Å². The number of carbonyl (C=O) groups is 3. The minimum atomic E-state index is -1.11. The maximum Gasteiger partial charge on any atom is 0.408 e. The normalized spacial score (nSPS) is 17.8. The molecule has 1 saturated heterocycles. The lowest BCUT2D eigenvalue weighted by atomic mass is 10.2. The number of hydrogen-bond donors (Lipinski definition) is 2. The molecule has 0 radical (unpaired) electrons. The molecule has 2 unspecified atom stereocenters. The first kappa shape index (κ1) is 22.6. The number of amides is 2. The van der Waals surface area contributed by atoms with Gasteiger partial charge in [-0.2, -0.15) is 0 Å². The molecule has 0 bridgehead atoms. The molecule has 2 atom stereocenters. The van der Waals surface area contributed by atoms with Crippen LogP contribution in [0.2, 0.25) is 0 Å². The zero-order chi connectivity index (χ0) is 19.7. The number of carbonyl (C=O) groups excluding carboxylic acids is 2. The second-order valence-corrected chi connectivity index (χ2v) is 9.03. The predicted octanol–water partition coefficient (Wildman–Crippen LogP) is 2.88. The average Bonchev–Trinajstić information content (AvgIpc) is 2.80. The smallest absolute Gasteiger partial charge is 0.408 e. The first-order valence-electron chi connectivity index (χ1n) is 9.23. The maximum absolute atomic E-state index is 12.5. The highest BCUT2D eigenvalue weighted by Crippen LogP contribution is 2.18. The van der Waals surface area contributed by atoms with Gasteiger partial charge in [-0.05, 0) is 52.7 Å². The van der Waals surface area contributed by atoms with Crippen LogP contribution in [0, 0.1) is 0 Å². The molecule has 1 aliphatic rings. The fourth-order valence-electron chi connectivity index (χ4n) is 2.69. The third-order valence-corrected chi connectivity index (χ3v) is 5.20. The molecule has 1 aliphatic heterocycles. The Morgan fingerprint density at radius 1 is 1.15 bits per heavy atom. The Morgan fingerprint density at radius 3 is 2.23 bits per heavy atom. The van der Waals surface area contributed by atoms with E-state index in [4.69, 9.17) is 4.74 Å². The molecule has 26 heavy (non-hydrogen) atoms. The number of ether oxygens (including phenoxy) is 1. The fourth-order valence-corrected chi connectivity index (χ4v) is 3.71. The lowest BCUT2D eigenvalue weighted by Gasteiger charge is -2.24. The van der Waals surface area contributed by atoms with Crippen molar-refractivity contribution >= 4 is 29.7 Å². The predicted molar refractivity (Wildman–Crippen MR) is 102 cm³/mol. The van der Waals surface area contributed by atoms with Crippen LogP contribution < -0.4 is 5.32 Å². The van der Waals surface area contributed by atoms with Crippen LogP contribution in [0.3, 0.4) is 0 Å². The number of hydrogen-bond acceptors (Lipinski definition) is 5. The van der Waals surface area contributed by atoms with Crippen LogP contribution in [0.15, 0.2) is 0 Å². The van der Waals surface area contributed by atoms with Crippen molar-refractivity contribution in [3.05, 3.63) is 0 Å². The van der Waals surface area contributed by atoms with Crippen LogP contribution in [0.1, 0.15) is 59.8 Å². The molecule has 0 aliphatic carbocycles. The lowest BCUT2D eigenvalue weighted by Crippen LogP contribution is -2.44. The number of rotatable bonds is 7. The molecule has 8 heteroatoms. The number of alkyl carbamates (subject to hydrolysis) is 1. The van der Waals surface area contributed by atoms with E-state index < -0.39 is 23.7 Å². The number of carboxylic acid groups (broad SMARTS) is 1. The van der Waals surface area contributed by atoms with Gasteiger partial charge in [-0.3, -0.25) is 4.79 Å². The van der Waals surface area contributed by atoms with Crippen LogP contribution in [0.4, 0.5) is 4.79 Å². The second-order valence-electron chi connectivity index (χ2n) is 7.58. The van der Waals surface area contributed by atoms with Crippen molar-refractivity contribution in [2.45, 2.75) is 76.7 Å². The Kier molecular flexibility index (Phi) is 9.25. The second kappa shape index (κ2) is 10.6. The van der Waals surface area contributed by atoms with Crippen molar-refractivity contribution in [2.24, 2.45) is 0 Å². The zero-order valence-electron chi connectivity index (χ0n) is 16.2. The van der Waals surface area contributed by atoms with Crippen molar-refractivity contribution in [1.29, 1.82) is 0 Å². The Bertz CT molecular complexity index is 484. The van der Waals surface area contributed by atoms with Gasteiger partial charge >= 0.3 is 12.1 Å². The van der Waals surface area contributed by atoms with Gasteiger partial charge in [0.25, 0.3) is 0 Å². The van der Waals surface area contributed by atoms with E-state index >= 15 is 0 Å². The first-order valence-corrected chi connectivity index (χ1v) is 10.3. The number of nitrogens with zero attached hydrogens (tertiary/aromatic N) is 1. The van der Waals surface area contributed by atoms with E-state index in [9.17, 15) is 19.5 Å². The molecule has 0 aromatic rings. The summed E-state index contributed by atoms with van der Waals surface area (Å²) in [7, 11) is 0. The van der Waals surface area contributed by atoms with Crippen molar-refractivity contribution in [2.75, 3.05) is 18.8 Å². The molecule has 0 aromatic heterocycles. The molecule has 2 amide bonds. The van der Waals surface area contributed by atoms with Crippen LogP contribution in [0.5, 0.6) is 0 Å². The Labute approximate surface area is 160 Å². The molecule has 0 saturated carbocycles. The van der Waals surface area contributed by atoms with Gasteiger partial charge in [-0.1, -0.05) is 12.8 Å². The third-order valence-electron chi connectivity index (χ3n) is 4.03. The lowest BCUT2D eigenvalue weighted by molar-refractivity contribution is -0.139. The van der Waals surface area contributed by atoms with Crippen LogP contribution in [-0.2, 0) is 14.3 Å². The summed E-state index contributed by atoms with van der Waals surface area (Å²) < 4.78 is 5.09. The third kappa shape index (κ3) is 8.78. The number of thioether (sulfide) groups is 1. The quantitative estimate of drug-likeness (QED) is 0.696. The van der Waals surface area contributed by atoms with Gasteiger partial charge in [0.05, 0.1) is 5.25 Å². The molecule has 0 aromatic carbocycles. The van der Waals surface area contributed by atoms with Gasteiger partial charge in [-0.25, -0.2) is 9.59 Å². The zero-order valence-corrected chi connectivity index (χ0v) is 17.1. The Hall–Kier alpha value is -1.44. The summed E-state index contributed by atoms with van der Waals surface area (Å²) in [6, 6.07) is -1.03. The number of carboxylic acids is 1. The monoisotopic (exact) mass is 388 g/mol. The highest BCUT2D eigenvalue weighted by atomic mass is 32.2. The fraction of sp³-hybridized carbons (Fsp3) is 0.833. The summed E-state index contributed by atoms with van der Waals surface area (Å²) in [6.45, 7) is 8.62. The minimum absolute atomic E-state index is 0.115. The van der Waals surface area contributed by atoms with Gasteiger partial charge in [0.15, 0.2) is 0 Å². The van der Waals surface area contributed by atoms with Crippen LogP contribution >= 0.6 is 11.8 Å². The summed E-state index contributed by atoms with van der Waals surface area (Å²) >= 11 is 1.42. The van der Waals surface area contributed by atoms with Crippen LogP contribution in [0.25, 0.3) is 0 Å². The standard InChI is InChI=1S/C18H32N2O5S/c1-13(15(21)20-10-7-5-6-8-11-20)26-12-9-14(16(22)23)19-17(24)25-18(2,3)4/h13-14H,5-12H2,1-4H3,(H,19,24)(H,22,23). The van der Waals surface area contributed by atoms with Crippen molar-refractivity contribution in [3.8, 4) is 0 Å². The van der Waals surface area contributed by atoms with E-state index in [2.05, 4.69) is 5.32 Å². The highest BCUT2D eigenvalue weighted by Gasteiger charge is 2.25.